The van der Waals surface area contributed by atoms with E-state index >= 15 is 0 Å². The van der Waals surface area contributed by atoms with Crippen LogP contribution in [-0.4, -0.2) is 21.4 Å². The van der Waals surface area contributed by atoms with E-state index in [4.69, 9.17) is 10.7 Å². The van der Waals surface area contributed by atoms with Crippen molar-refractivity contribution in [3.8, 4) is 11.3 Å². The minimum absolute atomic E-state index is 0.0112. The number of rotatable bonds is 3. The zero-order valence-electron chi connectivity index (χ0n) is 16.2. The van der Waals surface area contributed by atoms with Gasteiger partial charge in [0.15, 0.2) is 0 Å². The fraction of sp³-hybridized carbons (Fsp3) is 0.435. The Morgan fingerprint density at radius 3 is 2.48 bits per heavy atom. The van der Waals surface area contributed by atoms with E-state index in [1.54, 1.807) is 12.4 Å². The fourth-order valence-electron chi connectivity index (χ4n) is 6.40. The van der Waals surface area contributed by atoms with Crippen molar-refractivity contribution in [3.05, 3.63) is 41.5 Å². The molecule has 4 fully saturated rings. The zero-order chi connectivity index (χ0) is 19.6. The van der Waals surface area contributed by atoms with Gasteiger partial charge < -0.3 is 11.1 Å². The summed E-state index contributed by atoms with van der Waals surface area (Å²) in [4.78, 5) is 23.6. The minimum Gasteiger partial charge on any atom is -0.397 e. The van der Waals surface area contributed by atoms with Crippen molar-refractivity contribution in [1.82, 2.24) is 15.3 Å². The van der Waals surface area contributed by atoms with Gasteiger partial charge in [-0.15, -0.1) is 11.3 Å². The summed E-state index contributed by atoms with van der Waals surface area (Å²) in [5.74, 6) is 2.37. The van der Waals surface area contributed by atoms with E-state index in [-0.39, 0.29) is 11.4 Å². The van der Waals surface area contributed by atoms with Crippen molar-refractivity contribution in [2.24, 2.45) is 17.8 Å². The Balaban J connectivity index is 1.31. The van der Waals surface area contributed by atoms with Gasteiger partial charge in [0.1, 0.15) is 9.71 Å². The molecule has 3 N–H and O–H groups in total. The smallest absolute Gasteiger partial charge is 0.264 e. The predicted octanol–water partition coefficient (Wildman–Crippen LogP) is 4.64. The average Bonchev–Trinajstić information content (AvgIpc) is 3.03. The number of anilines is 1. The maximum absolute atomic E-state index is 13.3. The Bertz CT molecular complexity index is 1070. The number of nitrogen functional groups attached to an aromatic ring is 1. The Morgan fingerprint density at radius 2 is 1.83 bits per heavy atom. The van der Waals surface area contributed by atoms with E-state index in [9.17, 15) is 4.79 Å². The molecular weight excluding hydrogens is 380 g/mol. The molecule has 0 aromatic carbocycles. The summed E-state index contributed by atoms with van der Waals surface area (Å²) in [6.07, 6.45) is 11.0. The van der Waals surface area contributed by atoms with Gasteiger partial charge >= 0.3 is 0 Å². The molecule has 0 unspecified atom stereocenters. The number of nitrogens with one attached hydrogen (secondary N) is 1. The summed E-state index contributed by atoms with van der Waals surface area (Å²) in [5.41, 5.74) is 8.74. The number of hydrogen-bond acceptors (Lipinski definition) is 5. The van der Waals surface area contributed by atoms with Crippen LogP contribution in [-0.2, 0) is 0 Å². The molecule has 0 spiro atoms. The second-order valence-corrected chi connectivity index (χ2v) is 10.3. The van der Waals surface area contributed by atoms with Crippen molar-refractivity contribution in [1.29, 1.82) is 0 Å². The van der Waals surface area contributed by atoms with Gasteiger partial charge in [-0.2, -0.15) is 0 Å². The first-order chi connectivity index (χ1) is 14.1. The van der Waals surface area contributed by atoms with Crippen molar-refractivity contribution in [3.63, 3.8) is 0 Å². The van der Waals surface area contributed by atoms with E-state index in [0.717, 1.165) is 58.5 Å². The van der Waals surface area contributed by atoms with Crippen LogP contribution < -0.4 is 11.1 Å². The van der Waals surface area contributed by atoms with Crippen LogP contribution in [0.3, 0.4) is 0 Å². The van der Waals surface area contributed by atoms with Gasteiger partial charge in [-0.3, -0.25) is 9.78 Å². The molecule has 5 nitrogen and oxygen atoms in total. The summed E-state index contributed by atoms with van der Waals surface area (Å²) in [7, 11) is 0. The molecule has 6 heteroatoms. The van der Waals surface area contributed by atoms with Crippen molar-refractivity contribution < 1.29 is 4.79 Å². The molecule has 4 saturated carbocycles. The Kier molecular flexibility index (Phi) is 3.76. The molecule has 0 saturated heterocycles. The molecule has 4 aliphatic rings. The Morgan fingerprint density at radius 1 is 1.10 bits per heavy atom. The third-order valence-corrected chi connectivity index (χ3v) is 8.29. The van der Waals surface area contributed by atoms with Crippen LogP contribution in [0.15, 0.2) is 36.7 Å². The molecule has 3 aromatic heterocycles. The van der Waals surface area contributed by atoms with E-state index in [1.807, 2.05) is 24.3 Å². The monoisotopic (exact) mass is 404 g/mol. The molecule has 1 amide bonds. The number of carbonyl (C=O) groups is 1. The van der Waals surface area contributed by atoms with Gasteiger partial charge in [0.25, 0.3) is 5.91 Å². The van der Waals surface area contributed by atoms with Crippen molar-refractivity contribution in [2.45, 2.75) is 44.1 Å². The fourth-order valence-corrected chi connectivity index (χ4v) is 7.39. The maximum atomic E-state index is 13.3. The molecule has 4 aliphatic carbocycles. The summed E-state index contributed by atoms with van der Waals surface area (Å²) >= 11 is 1.40. The van der Waals surface area contributed by atoms with Crippen LogP contribution in [0.1, 0.15) is 48.2 Å². The highest BCUT2D eigenvalue weighted by Crippen LogP contribution is 2.55. The molecule has 3 heterocycles. The second kappa shape index (κ2) is 6.26. The lowest BCUT2D eigenvalue weighted by Gasteiger charge is -2.56. The summed E-state index contributed by atoms with van der Waals surface area (Å²) in [5, 5.41) is 4.30. The first-order valence-corrected chi connectivity index (χ1v) is 11.3. The molecule has 0 aliphatic heterocycles. The highest BCUT2D eigenvalue weighted by atomic mass is 32.1. The summed E-state index contributed by atoms with van der Waals surface area (Å²) < 4.78 is 0. The summed E-state index contributed by atoms with van der Waals surface area (Å²) in [6, 6.07) is 7.80. The van der Waals surface area contributed by atoms with Crippen molar-refractivity contribution in [2.75, 3.05) is 5.73 Å². The standard InChI is InChI=1S/C23H24N4OS/c24-19-17-3-4-18(16-2-1-5-25-12-16)26-22(17)29-20(19)21(28)27-23-9-13-6-14(10-23)8-15(7-13)11-23/h1-5,12-15H,6-11,24H2,(H,27,28). The lowest BCUT2D eigenvalue weighted by Crippen LogP contribution is -2.59. The van der Waals surface area contributed by atoms with E-state index in [1.165, 1.54) is 30.6 Å². The van der Waals surface area contributed by atoms with Crippen molar-refractivity contribution >= 4 is 33.1 Å². The van der Waals surface area contributed by atoms with Gasteiger partial charge in [0.05, 0.1) is 11.4 Å². The van der Waals surface area contributed by atoms with E-state index in [0.29, 0.717) is 10.6 Å². The van der Waals surface area contributed by atoms with Crippen LogP contribution in [0.4, 0.5) is 5.69 Å². The third kappa shape index (κ3) is 2.84. The van der Waals surface area contributed by atoms with Gasteiger partial charge in [-0.05, 0) is 80.5 Å². The Hall–Kier alpha value is -2.47. The maximum Gasteiger partial charge on any atom is 0.264 e. The zero-order valence-corrected chi connectivity index (χ0v) is 17.0. The normalized spacial score (nSPS) is 30.0. The number of nitrogens with two attached hydrogens (primary N) is 1. The van der Waals surface area contributed by atoms with Crippen LogP contribution in [0.25, 0.3) is 21.5 Å². The molecule has 4 bridgehead atoms. The van der Waals surface area contributed by atoms with Crippen LogP contribution >= 0.6 is 11.3 Å². The number of thiophene rings is 1. The van der Waals surface area contributed by atoms with E-state index in [2.05, 4.69) is 10.3 Å². The lowest BCUT2D eigenvalue weighted by molar-refractivity contribution is -0.0166. The number of amides is 1. The molecule has 29 heavy (non-hydrogen) atoms. The molecular formula is C23H24N4OS. The average molecular weight is 405 g/mol. The van der Waals surface area contributed by atoms with Crippen LogP contribution in [0.2, 0.25) is 0 Å². The number of aromatic nitrogens is 2. The highest BCUT2D eigenvalue weighted by Gasteiger charge is 2.51. The predicted molar refractivity (Wildman–Crippen MR) is 116 cm³/mol. The van der Waals surface area contributed by atoms with Crippen LogP contribution in [0, 0.1) is 17.8 Å². The third-order valence-electron chi connectivity index (χ3n) is 7.17. The Labute approximate surface area is 173 Å². The topological polar surface area (TPSA) is 80.9 Å². The van der Waals surface area contributed by atoms with Gasteiger partial charge in [0.2, 0.25) is 0 Å². The lowest BCUT2D eigenvalue weighted by atomic mass is 9.53. The summed E-state index contributed by atoms with van der Waals surface area (Å²) in [6.45, 7) is 0. The van der Waals surface area contributed by atoms with Gasteiger partial charge in [-0.1, -0.05) is 0 Å². The number of hydrogen-bond donors (Lipinski definition) is 2. The molecule has 7 rings (SSSR count). The number of nitrogens with zero attached hydrogens (tertiary/aromatic N) is 2. The van der Waals surface area contributed by atoms with E-state index < -0.39 is 0 Å². The first-order valence-electron chi connectivity index (χ1n) is 10.5. The number of carbonyl (C=O) groups excluding carboxylic acids is 1. The first kappa shape index (κ1) is 17.4. The quantitative estimate of drug-likeness (QED) is 0.666. The minimum atomic E-state index is -0.0182. The molecule has 0 radical (unpaired) electrons. The largest absolute Gasteiger partial charge is 0.397 e. The number of fused-ring (bicyclic) bond motifs is 1. The molecule has 0 atom stereocenters. The second-order valence-electron chi connectivity index (χ2n) is 9.29. The molecule has 3 aromatic rings. The number of pyridine rings is 2. The van der Waals surface area contributed by atoms with Gasteiger partial charge in [0, 0.05) is 28.9 Å². The van der Waals surface area contributed by atoms with Crippen LogP contribution in [0.5, 0.6) is 0 Å². The SMILES string of the molecule is Nc1c(C(=O)NC23CC4CC(CC(C4)C2)C3)sc2nc(-c3cccnc3)ccc12. The molecule has 148 valence electrons. The highest BCUT2D eigenvalue weighted by molar-refractivity contribution is 7.21. The van der Waals surface area contributed by atoms with Gasteiger partial charge in [-0.25, -0.2) is 4.98 Å².